The molecule has 128 valence electrons. The van der Waals surface area contributed by atoms with Gasteiger partial charge in [-0.15, -0.1) is 11.3 Å². The van der Waals surface area contributed by atoms with Crippen molar-refractivity contribution in [1.29, 1.82) is 0 Å². The summed E-state index contributed by atoms with van der Waals surface area (Å²) in [5.74, 6) is -0.220. The molecule has 0 aliphatic carbocycles. The second kappa shape index (κ2) is 7.57. The first-order chi connectivity index (χ1) is 11.3. The highest BCUT2D eigenvalue weighted by Gasteiger charge is 2.22. The summed E-state index contributed by atoms with van der Waals surface area (Å²) < 4.78 is 0. The summed E-state index contributed by atoms with van der Waals surface area (Å²) in [6, 6.07) is 7.79. The fourth-order valence-electron chi connectivity index (χ4n) is 1.92. The van der Waals surface area contributed by atoms with Crippen molar-refractivity contribution in [3.8, 4) is 0 Å². The van der Waals surface area contributed by atoms with Gasteiger partial charge in [0.15, 0.2) is 5.13 Å². The minimum absolute atomic E-state index is 0.0936. The van der Waals surface area contributed by atoms with Crippen molar-refractivity contribution >= 4 is 34.0 Å². The van der Waals surface area contributed by atoms with Crippen molar-refractivity contribution < 1.29 is 9.59 Å². The number of benzene rings is 1. The van der Waals surface area contributed by atoms with E-state index in [2.05, 4.69) is 22.5 Å². The van der Waals surface area contributed by atoms with E-state index in [4.69, 9.17) is 0 Å². The van der Waals surface area contributed by atoms with Crippen molar-refractivity contribution in [1.82, 2.24) is 4.98 Å². The van der Waals surface area contributed by atoms with Crippen LogP contribution < -0.4 is 10.6 Å². The molecule has 0 aliphatic heterocycles. The molecule has 0 fully saturated rings. The Kier molecular flexibility index (Phi) is 5.72. The lowest BCUT2D eigenvalue weighted by atomic mass is 9.96. The molecule has 1 aromatic carbocycles. The summed E-state index contributed by atoms with van der Waals surface area (Å²) >= 11 is 1.32. The van der Waals surface area contributed by atoms with Gasteiger partial charge >= 0.3 is 0 Å². The normalized spacial score (nSPS) is 11.2. The molecule has 0 radical (unpaired) electrons. The van der Waals surface area contributed by atoms with Gasteiger partial charge in [-0.2, -0.15) is 0 Å². The van der Waals surface area contributed by atoms with E-state index in [1.807, 2.05) is 45.0 Å². The van der Waals surface area contributed by atoms with Gasteiger partial charge in [-0.1, -0.05) is 39.8 Å². The molecular formula is C18H23N3O2S. The second-order valence-electron chi connectivity index (χ2n) is 6.62. The summed E-state index contributed by atoms with van der Waals surface area (Å²) in [5, 5.41) is 7.94. The lowest BCUT2D eigenvalue weighted by Crippen LogP contribution is -2.27. The highest BCUT2D eigenvalue weighted by Crippen LogP contribution is 2.21. The van der Waals surface area contributed by atoms with Crippen LogP contribution >= 0.6 is 11.3 Å². The number of aryl methyl sites for hydroxylation is 1. The van der Waals surface area contributed by atoms with E-state index in [1.165, 1.54) is 16.9 Å². The van der Waals surface area contributed by atoms with Gasteiger partial charge in [-0.25, -0.2) is 4.98 Å². The third-order valence-corrected chi connectivity index (χ3v) is 4.25. The molecule has 0 bridgehead atoms. The van der Waals surface area contributed by atoms with E-state index in [9.17, 15) is 9.59 Å². The Bertz CT molecular complexity index is 715. The molecule has 2 rings (SSSR count). The number of amides is 2. The maximum Gasteiger partial charge on any atom is 0.231 e. The lowest BCUT2D eigenvalue weighted by molar-refractivity contribution is -0.123. The largest absolute Gasteiger partial charge is 0.326 e. The molecule has 0 unspecified atom stereocenters. The Morgan fingerprint density at radius 1 is 1.12 bits per heavy atom. The van der Waals surface area contributed by atoms with Gasteiger partial charge in [-0.05, 0) is 24.1 Å². The van der Waals surface area contributed by atoms with Crippen LogP contribution in [0.15, 0.2) is 29.6 Å². The van der Waals surface area contributed by atoms with Gasteiger partial charge in [0.1, 0.15) is 0 Å². The predicted octanol–water partition coefficient (Wildman–Crippen LogP) is 3.87. The molecule has 0 saturated heterocycles. The van der Waals surface area contributed by atoms with Crippen LogP contribution in [0.3, 0.4) is 0 Å². The van der Waals surface area contributed by atoms with Crippen LogP contribution in [0.25, 0.3) is 0 Å². The lowest BCUT2D eigenvalue weighted by Gasteiger charge is -2.15. The zero-order valence-corrected chi connectivity index (χ0v) is 15.3. The molecule has 0 spiro atoms. The van der Waals surface area contributed by atoms with Crippen LogP contribution in [0.4, 0.5) is 10.8 Å². The van der Waals surface area contributed by atoms with Crippen molar-refractivity contribution in [2.24, 2.45) is 5.41 Å². The molecule has 0 aliphatic rings. The number of aromatic nitrogens is 1. The SMILES string of the molecule is CCc1ccc(NC(=O)Cc2csc(NC(=O)C(C)(C)C)n2)cc1. The minimum atomic E-state index is -0.478. The molecule has 2 N–H and O–H groups in total. The molecule has 24 heavy (non-hydrogen) atoms. The third kappa shape index (κ3) is 5.16. The Balaban J connectivity index is 1.91. The van der Waals surface area contributed by atoms with Gasteiger partial charge in [0.2, 0.25) is 11.8 Å². The molecular weight excluding hydrogens is 322 g/mol. The number of carbonyl (C=O) groups excluding carboxylic acids is 2. The number of hydrogen-bond acceptors (Lipinski definition) is 4. The zero-order chi connectivity index (χ0) is 17.7. The monoisotopic (exact) mass is 345 g/mol. The average molecular weight is 345 g/mol. The minimum Gasteiger partial charge on any atom is -0.326 e. The highest BCUT2D eigenvalue weighted by molar-refractivity contribution is 7.13. The van der Waals surface area contributed by atoms with E-state index >= 15 is 0 Å². The van der Waals surface area contributed by atoms with E-state index in [-0.39, 0.29) is 18.2 Å². The summed E-state index contributed by atoms with van der Waals surface area (Å²) in [4.78, 5) is 28.3. The van der Waals surface area contributed by atoms with Crippen LogP contribution in [0.5, 0.6) is 0 Å². The van der Waals surface area contributed by atoms with Crippen molar-refractivity contribution in [2.75, 3.05) is 10.6 Å². The maximum absolute atomic E-state index is 12.1. The standard InChI is InChI=1S/C18H23N3O2S/c1-5-12-6-8-13(9-7-12)19-15(22)10-14-11-24-17(20-14)21-16(23)18(2,3)4/h6-9,11H,5,10H2,1-4H3,(H,19,22)(H,20,21,23). The van der Waals surface area contributed by atoms with E-state index in [0.29, 0.717) is 10.8 Å². The Morgan fingerprint density at radius 2 is 1.79 bits per heavy atom. The Morgan fingerprint density at radius 3 is 2.38 bits per heavy atom. The first-order valence-corrected chi connectivity index (χ1v) is 8.80. The van der Waals surface area contributed by atoms with Gasteiger partial charge in [0.05, 0.1) is 12.1 Å². The van der Waals surface area contributed by atoms with Gasteiger partial charge < -0.3 is 10.6 Å². The summed E-state index contributed by atoms with van der Waals surface area (Å²) in [6.07, 6.45) is 1.15. The van der Waals surface area contributed by atoms with E-state index in [0.717, 1.165) is 12.1 Å². The Labute approximate surface area is 146 Å². The molecule has 0 atom stereocenters. The van der Waals surface area contributed by atoms with Crippen LogP contribution in [-0.2, 0) is 22.4 Å². The number of anilines is 2. The number of carbonyl (C=O) groups is 2. The van der Waals surface area contributed by atoms with E-state index < -0.39 is 5.41 Å². The number of nitrogens with one attached hydrogen (secondary N) is 2. The number of thiazole rings is 1. The van der Waals surface area contributed by atoms with Crippen LogP contribution in [0.1, 0.15) is 39.0 Å². The van der Waals surface area contributed by atoms with Crippen LogP contribution in [-0.4, -0.2) is 16.8 Å². The quantitative estimate of drug-likeness (QED) is 0.864. The second-order valence-corrected chi connectivity index (χ2v) is 7.48. The smallest absolute Gasteiger partial charge is 0.231 e. The predicted molar refractivity (Wildman–Crippen MR) is 98.4 cm³/mol. The Hall–Kier alpha value is -2.21. The first kappa shape index (κ1) is 18.1. The number of rotatable bonds is 5. The third-order valence-electron chi connectivity index (χ3n) is 3.44. The molecule has 2 amide bonds. The fourth-order valence-corrected chi connectivity index (χ4v) is 2.63. The molecule has 2 aromatic rings. The zero-order valence-electron chi connectivity index (χ0n) is 14.5. The topological polar surface area (TPSA) is 71.1 Å². The van der Waals surface area contributed by atoms with Gasteiger partial charge in [0.25, 0.3) is 0 Å². The average Bonchev–Trinajstić information content (AvgIpc) is 2.94. The molecule has 1 aromatic heterocycles. The number of nitrogens with zero attached hydrogens (tertiary/aromatic N) is 1. The molecule has 5 nitrogen and oxygen atoms in total. The van der Waals surface area contributed by atoms with E-state index in [1.54, 1.807) is 5.38 Å². The van der Waals surface area contributed by atoms with Gasteiger partial charge in [-0.3, -0.25) is 9.59 Å². The highest BCUT2D eigenvalue weighted by atomic mass is 32.1. The maximum atomic E-state index is 12.1. The summed E-state index contributed by atoms with van der Waals surface area (Å²) in [7, 11) is 0. The fraction of sp³-hybridized carbons (Fsp3) is 0.389. The number of hydrogen-bond donors (Lipinski definition) is 2. The van der Waals surface area contributed by atoms with Crippen molar-refractivity contribution in [2.45, 2.75) is 40.5 Å². The molecule has 0 saturated carbocycles. The van der Waals surface area contributed by atoms with Crippen molar-refractivity contribution in [3.05, 3.63) is 40.9 Å². The summed E-state index contributed by atoms with van der Waals surface area (Å²) in [6.45, 7) is 7.61. The van der Waals surface area contributed by atoms with Crippen LogP contribution in [0, 0.1) is 5.41 Å². The first-order valence-electron chi connectivity index (χ1n) is 7.92. The summed E-state index contributed by atoms with van der Waals surface area (Å²) in [5.41, 5.74) is 2.17. The van der Waals surface area contributed by atoms with Gasteiger partial charge in [0, 0.05) is 16.5 Å². The molecule has 6 heteroatoms. The van der Waals surface area contributed by atoms with Crippen molar-refractivity contribution in [3.63, 3.8) is 0 Å². The van der Waals surface area contributed by atoms with Crippen LogP contribution in [0.2, 0.25) is 0 Å². The molecule has 1 heterocycles.